The quantitative estimate of drug-likeness (QED) is 0.872. The van der Waals surface area contributed by atoms with Crippen molar-refractivity contribution in [2.24, 2.45) is 11.7 Å². The number of piperidine rings is 1. The molecule has 4 nitrogen and oxygen atoms in total. The lowest BCUT2D eigenvalue weighted by Gasteiger charge is -2.36. The first-order valence-electron chi connectivity index (χ1n) is 7.69. The summed E-state index contributed by atoms with van der Waals surface area (Å²) in [5.74, 6) is -0.353. The lowest BCUT2D eigenvalue weighted by atomic mass is 9.94. The smallest absolute Gasteiger partial charge is 0.224 e. The molecule has 1 aliphatic heterocycles. The highest BCUT2D eigenvalue weighted by atomic mass is 35.5. The van der Waals surface area contributed by atoms with Crippen LogP contribution in [0.3, 0.4) is 0 Å². The van der Waals surface area contributed by atoms with Crippen molar-refractivity contribution in [2.45, 2.75) is 25.8 Å². The summed E-state index contributed by atoms with van der Waals surface area (Å²) < 4.78 is 13.3. The molecule has 2 unspecified atom stereocenters. The van der Waals surface area contributed by atoms with Crippen LogP contribution < -0.4 is 11.1 Å². The Morgan fingerprint density at radius 2 is 2.36 bits per heavy atom. The summed E-state index contributed by atoms with van der Waals surface area (Å²) in [6.45, 7) is 4.65. The van der Waals surface area contributed by atoms with Crippen molar-refractivity contribution in [1.82, 2.24) is 10.2 Å². The van der Waals surface area contributed by atoms with Crippen LogP contribution in [0, 0.1) is 11.7 Å². The molecule has 1 aromatic rings. The number of nitrogens with two attached hydrogens (primary N) is 1. The molecule has 122 valence electrons. The fourth-order valence-corrected chi connectivity index (χ4v) is 3.08. The highest BCUT2D eigenvalue weighted by molar-refractivity contribution is 6.30. The molecule has 1 aromatic carbocycles. The van der Waals surface area contributed by atoms with Gasteiger partial charge in [0.1, 0.15) is 5.82 Å². The number of likely N-dealkylation sites (tertiary alicyclic amines) is 1. The van der Waals surface area contributed by atoms with Crippen molar-refractivity contribution in [3.8, 4) is 0 Å². The van der Waals surface area contributed by atoms with Gasteiger partial charge in [-0.15, -0.1) is 0 Å². The first-order valence-corrected chi connectivity index (χ1v) is 8.07. The predicted octanol–water partition coefficient (Wildman–Crippen LogP) is 2.33. The molecule has 1 amide bonds. The topological polar surface area (TPSA) is 58.4 Å². The maximum Gasteiger partial charge on any atom is 0.224 e. The molecular formula is C16H23ClFN3O. The van der Waals surface area contributed by atoms with Crippen LogP contribution in [-0.2, 0) is 4.79 Å². The minimum absolute atomic E-state index is 0.0151. The van der Waals surface area contributed by atoms with Gasteiger partial charge in [-0.2, -0.15) is 0 Å². The van der Waals surface area contributed by atoms with Crippen LogP contribution in [0.4, 0.5) is 4.39 Å². The molecule has 22 heavy (non-hydrogen) atoms. The third-order valence-electron chi connectivity index (χ3n) is 4.24. The minimum atomic E-state index is -0.407. The molecule has 0 radical (unpaired) electrons. The van der Waals surface area contributed by atoms with Crippen molar-refractivity contribution in [3.05, 3.63) is 34.6 Å². The van der Waals surface area contributed by atoms with Crippen LogP contribution in [0.5, 0.6) is 0 Å². The SMILES string of the molecule is CC(c1ccc(F)c(Cl)c1)N1CCCC(C(=O)NCCN)C1. The molecule has 6 heteroatoms. The minimum Gasteiger partial charge on any atom is -0.355 e. The van der Waals surface area contributed by atoms with Gasteiger partial charge in [-0.1, -0.05) is 17.7 Å². The molecule has 2 rings (SSSR count). The van der Waals surface area contributed by atoms with E-state index in [1.54, 1.807) is 12.1 Å². The fourth-order valence-electron chi connectivity index (χ4n) is 2.89. The highest BCUT2D eigenvalue weighted by Crippen LogP contribution is 2.28. The Morgan fingerprint density at radius 1 is 1.59 bits per heavy atom. The average molecular weight is 328 g/mol. The van der Waals surface area contributed by atoms with E-state index in [0.29, 0.717) is 19.6 Å². The number of halogens is 2. The van der Waals surface area contributed by atoms with E-state index >= 15 is 0 Å². The van der Waals surface area contributed by atoms with Crippen LogP contribution in [0.2, 0.25) is 5.02 Å². The number of rotatable bonds is 5. The van der Waals surface area contributed by atoms with E-state index in [9.17, 15) is 9.18 Å². The summed E-state index contributed by atoms with van der Waals surface area (Å²) >= 11 is 5.86. The van der Waals surface area contributed by atoms with Crippen LogP contribution in [0.15, 0.2) is 18.2 Å². The van der Waals surface area contributed by atoms with Crippen molar-refractivity contribution in [3.63, 3.8) is 0 Å². The largest absolute Gasteiger partial charge is 0.355 e. The zero-order valence-electron chi connectivity index (χ0n) is 12.8. The molecule has 1 saturated heterocycles. The maximum atomic E-state index is 13.3. The summed E-state index contributed by atoms with van der Waals surface area (Å²) in [7, 11) is 0. The normalized spacial score (nSPS) is 20.6. The van der Waals surface area contributed by atoms with Gasteiger partial charge in [0, 0.05) is 25.7 Å². The number of amides is 1. The Hall–Kier alpha value is -1.17. The average Bonchev–Trinajstić information content (AvgIpc) is 2.54. The molecule has 3 N–H and O–H groups in total. The number of nitrogens with zero attached hydrogens (tertiary/aromatic N) is 1. The van der Waals surface area contributed by atoms with E-state index in [-0.39, 0.29) is 22.9 Å². The number of benzene rings is 1. The van der Waals surface area contributed by atoms with Crippen LogP contribution in [-0.4, -0.2) is 37.0 Å². The lowest BCUT2D eigenvalue weighted by Crippen LogP contribution is -2.44. The Labute approximate surface area is 135 Å². The highest BCUT2D eigenvalue weighted by Gasteiger charge is 2.28. The summed E-state index contributed by atoms with van der Waals surface area (Å²) in [5.41, 5.74) is 6.38. The Morgan fingerprint density at radius 3 is 3.05 bits per heavy atom. The van der Waals surface area contributed by atoms with Gasteiger partial charge in [0.25, 0.3) is 0 Å². The molecule has 1 heterocycles. The van der Waals surface area contributed by atoms with E-state index in [1.807, 2.05) is 0 Å². The molecule has 0 bridgehead atoms. The van der Waals surface area contributed by atoms with E-state index in [0.717, 1.165) is 24.9 Å². The third-order valence-corrected chi connectivity index (χ3v) is 4.53. The molecule has 0 spiro atoms. The number of carbonyl (C=O) groups is 1. The summed E-state index contributed by atoms with van der Waals surface area (Å²) in [5, 5.41) is 2.99. The zero-order chi connectivity index (χ0) is 16.1. The first kappa shape index (κ1) is 17.2. The molecule has 2 atom stereocenters. The number of carbonyl (C=O) groups excluding carboxylic acids is 1. The van der Waals surface area contributed by atoms with Gasteiger partial charge < -0.3 is 11.1 Å². The van der Waals surface area contributed by atoms with Gasteiger partial charge in [0.15, 0.2) is 0 Å². The summed E-state index contributed by atoms with van der Waals surface area (Å²) in [6.07, 6.45) is 1.86. The van der Waals surface area contributed by atoms with Crippen LogP contribution >= 0.6 is 11.6 Å². The Balaban J connectivity index is 2.01. The molecule has 0 aromatic heterocycles. The molecule has 1 fully saturated rings. The van der Waals surface area contributed by atoms with Crippen molar-refractivity contribution in [2.75, 3.05) is 26.2 Å². The predicted molar refractivity (Wildman–Crippen MR) is 86.2 cm³/mol. The van der Waals surface area contributed by atoms with Gasteiger partial charge in [0.2, 0.25) is 5.91 Å². The van der Waals surface area contributed by atoms with Gasteiger partial charge in [-0.3, -0.25) is 9.69 Å². The van der Waals surface area contributed by atoms with Crippen molar-refractivity contribution in [1.29, 1.82) is 0 Å². The van der Waals surface area contributed by atoms with Crippen LogP contribution in [0.25, 0.3) is 0 Å². The third kappa shape index (κ3) is 4.18. The molecular weight excluding hydrogens is 305 g/mol. The van der Waals surface area contributed by atoms with Gasteiger partial charge in [-0.05, 0) is 44.0 Å². The Kier molecular flexibility index (Phi) is 6.17. The maximum absolute atomic E-state index is 13.3. The second-order valence-corrected chi connectivity index (χ2v) is 6.17. The second kappa shape index (κ2) is 7.90. The molecule has 1 aliphatic rings. The number of nitrogens with one attached hydrogen (secondary N) is 1. The first-order chi connectivity index (χ1) is 10.5. The Bertz CT molecular complexity index is 526. The summed E-state index contributed by atoms with van der Waals surface area (Å²) in [4.78, 5) is 14.3. The van der Waals surface area contributed by atoms with Crippen molar-refractivity contribution < 1.29 is 9.18 Å². The van der Waals surface area contributed by atoms with Crippen molar-refractivity contribution >= 4 is 17.5 Å². The second-order valence-electron chi connectivity index (χ2n) is 5.76. The van der Waals surface area contributed by atoms with E-state index in [1.165, 1.54) is 6.07 Å². The number of hydrogen-bond donors (Lipinski definition) is 2. The van der Waals surface area contributed by atoms with Gasteiger partial charge in [0.05, 0.1) is 10.9 Å². The van der Waals surface area contributed by atoms with E-state index in [2.05, 4.69) is 17.1 Å². The van der Waals surface area contributed by atoms with Crippen LogP contribution in [0.1, 0.15) is 31.4 Å². The fraction of sp³-hybridized carbons (Fsp3) is 0.562. The number of hydrogen-bond acceptors (Lipinski definition) is 3. The van der Waals surface area contributed by atoms with E-state index < -0.39 is 5.82 Å². The molecule has 0 saturated carbocycles. The van der Waals surface area contributed by atoms with Gasteiger partial charge in [-0.25, -0.2) is 4.39 Å². The monoisotopic (exact) mass is 327 g/mol. The van der Waals surface area contributed by atoms with Gasteiger partial charge >= 0.3 is 0 Å². The van der Waals surface area contributed by atoms with E-state index in [4.69, 9.17) is 17.3 Å². The summed E-state index contributed by atoms with van der Waals surface area (Å²) in [6, 6.07) is 4.91. The zero-order valence-corrected chi connectivity index (χ0v) is 13.6. The molecule has 0 aliphatic carbocycles. The standard InChI is InChI=1S/C16H23ClFN3O/c1-11(12-4-5-15(18)14(17)9-12)21-8-2-3-13(10-21)16(22)20-7-6-19/h4-5,9,11,13H,2-3,6-8,10,19H2,1H3,(H,20,22). The lowest BCUT2D eigenvalue weighted by molar-refractivity contribution is -0.126.